The molecule has 63 heavy (non-hydrogen) atoms. The van der Waals surface area contributed by atoms with Crippen LogP contribution in [-0.2, 0) is 0 Å². The number of thiophene rings is 1. The fourth-order valence-corrected chi connectivity index (χ4v) is 10.7. The van der Waals surface area contributed by atoms with E-state index >= 15 is 0 Å². The minimum absolute atomic E-state index is 1.08. The molecule has 0 bridgehead atoms. The van der Waals surface area contributed by atoms with Crippen LogP contribution < -0.4 is 4.90 Å². The van der Waals surface area contributed by atoms with Crippen LogP contribution in [0.4, 0.5) is 17.1 Å². The van der Waals surface area contributed by atoms with Crippen molar-refractivity contribution >= 4 is 70.4 Å². The van der Waals surface area contributed by atoms with Gasteiger partial charge in [0.15, 0.2) is 0 Å². The number of nitrogens with zero attached hydrogens (tertiary/aromatic N) is 2. The van der Waals surface area contributed by atoms with E-state index < -0.39 is 0 Å². The first kappa shape index (κ1) is 36.8. The van der Waals surface area contributed by atoms with E-state index in [2.05, 4.69) is 252 Å². The van der Waals surface area contributed by atoms with Crippen molar-refractivity contribution in [1.29, 1.82) is 0 Å². The molecule has 0 aliphatic heterocycles. The molecular formula is C60H40N2S. The molecule has 0 radical (unpaired) electrons. The number of aromatic nitrogens is 1. The first-order valence-corrected chi connectivity index (χ1v) is 22.3. The third kappa shape index (κ3) is 6.41. The summed E-state index contributed by atoms with van der Waals surface area (Å²) in [6.07, 6.45) is 0. The predicted molar refractivity (Wildman–Crippen MR) is 270 cm³/mol. The molecule has 2 nitrogen and oxygen atoms in total. The number of hydrogen-bond donors (Lipinski definition) is 0. The minimum atomic E-state index is 1.08. The highest BCUT2D eigenvalue weighted by molar-refractivity contribution is 7.26. The van der Waals surface area contributed by atoms with Crippen molar-refractivity contribution in [3.63, 3.8) is 0 Å². The summed E-state index contributed by atoms with van der Waals surface area (Å²) in [7, 11) is 0. The van der Waals surface area contributed by atoms with Gasteiger partial charge in [0.1, 0.15) is 0 Å². The van der Waals surface area contributed by atoms with Crippen molar-refractivity contribution in [2.45, 2.75) is 0 Å². The lowest BCUT2D eigenvalue weighted by Gasteiger charge is -2.29. The molecule has 296 valence electrons. The minimum Gasteiger partial charge on any atom is -0.310 e. The highest BCUT2D eigenvalue weighted by atomic mass is 32.1. The lowest BCUT2D eigenvalue weighted by Crippen LogP contribution is -2.12. The maximum Gasteiger partial charge on any atom is 0.0561 e. The Kier molecular flexibility index (Phi) is 9.06. The molecule has 0 unspecified atom stereocenters. The molecule has 0 aliphatic carbocycles. The van der Waals surface area contributed by atoms with E-state index in [1.165, 1.54) is 69.8 Å². The van der Waals surface area contributed by atoms with E-state index in [9.17, 15) is 0 Å². The number of benzene rings is 10. The third-order valence-corrected chi connectivity index (χ3v) is 13.6. The van der Waals surface area contributed by atoms with E-state index in [0.717, 1.165) is 39.4 Å². The molecule has 0 saturated heterocycles. The Morgan fingerprint density at radius 2 is 0.873 bits per heavy atom. The summed E-state index contributed by atoms with van der Waals surface area (Å²) in [6, 6.07) is 88.5. The van der Waals surface area contributed by atoms with Gasteiger partial charge in [-0.2, -0.15) is 0 Å². The van der Waals surface area contributed by atoms with Crippen LogP contribution in [0.25, 0.3) is 92.2 Å². The molecule has 2 aromatic heterocycles. The second-order valence-electron chi connectivity index (χ2n) is 16.1. The quantitative estimate of drug-likeness (QED) is 0.148. The number of hydrogen-bond acceptors (Lipinski definition) is 2. The Hall–Kier alpha value is -7.98. The van der Waals surface area contributed by atoms with Gasteiger partial charge in [0.25, 0.3) is 0 Å². The van der Waals surface area contributed by atoms with Gasteiger partial charge in [0.05, 0.1) is 16.7 Å². The van der Waals surface area contributed by atoms with Gasteiger partial charge in [-0.3, -0.25) is 0 Å². The van der Waals surface area contributed by atoms with E-state index in [0.29, 0.717) is 0 Å². The lowest BCUT2D eigenvalue weighted by molar-refractivity contribution is 1.18. The molecule has 0 aliphatic rings. The van der Waals surface area contributed by atoms with Gasteiger partial charge in [-0.05, 0) is 88.0 Å². The van der Waals surface area contributed by atoms with Gasteiger partial charge in [-0.15, -0.1) is 11.3 Å². The summed E-state index contributed by atoms with van der Waals surface area (Å²) in [6.45, 7) is 0. The van der Waals surface area contributed by atoms with Gasteiger partial charge < -0.3 is 9.47 Å². The first-order valence-electron chi connectivity index (χ1n) is 21.5. The smallest absolute Gasteiger partial charge is 0.0561 e. The van der Waals surface area contributed by atoms with Crippen LogP contribution in [0.15, 0.2) is 243 Å². The Balaban J connectivity index is 1.11. The third-order valence-electron chi connectivity index (χ3n) is 12.4. The zero-order valence-electron chi connectivity index (χ0n) is 34.4. The maximum atomic E-state index is 2.46. The number of anilines is 3. The second kappa shape index (κ2) is 15.5. The van der Waals surface area contributed by atoms with Crippen molar-refractivity contribution < 1.29 is 0 Å². The predicted octanol–water partition coefficient (Wildman–Crippen LogP) is 17.3. The monoisotopic (exact) mass is 820 g/mol. The fraction of sp³-hybridized carbons (Fsp3) is 0. The molecule has 0 fully saturated rings. The van der Waals surface area contributed by atoms with Crippen molar-refractivity contribution in [2.24, 2.45) is 0 Å². The largest absolute Gasteiger partial charge is 0.310 e. The molecule has 0 atom stereocenters. The Bertz CT molecular complexity index is 3600. The normalized spacial score (nSPS) is 11.5. The molecule has 0 amide bonds. The van der Waals surface area contributed by atoms with E-state index in [1.54, 1.807) is 0 Å². The van der Waals surface area contributed by atoms with Gasteiger partial charge in [-0.1, -0.05) is 188 Å². The van der Waals surface area contributed by atoms with Crippen LogP contribution >= 0.6 is 11.3 Å². The van der Waals surface area contributed by atoms with Crippen molar-refractivity contribution in [3.8, 4) is 50.2 Å². The van der Waals surface area contributed by atoms with E-state index in [4.69, 9.17) is 0 Å². The summed E-state index contributed by atoms with van der Waals surface area (Å²) >= 11 is 1.88. The number of para-hydroxylation sites is 3. The molecule has 2 heterocycles. The topological polar surface area (TPSA) is 8.17 Å². The molecule has 0 spiro atoms. The van der Waals surface area contributed by atoms with Gasteiger partial charge >= 0.3 is 0 Å². The maximum absolute atomic E-state index is 2.46. The Morgan fingerprint density at radius 1 is 0.317 bits per heavy atom. The van der Waals surface area contributed by atoms with Crippen LogP contribution in [0.1, 0.15) is 0 Å². The summed E-state index contributed by atoms with van der Waals surface area (Å²) in [5, 5.41) is 5.06. The van der Waals surface area contributed by atoms with Gasteiger partial charge in [-0.25, -0.2) is 0 Å². The average molecular weight is 821 g/mol. The number of fused-ring (bicyclic) bond motifs is 6. The second-order valence-corrected chi connectivity index (χ2v) is 17.1. The lowest BCUT2D eigenvalue weighted by atomic mass is 9.92. The summed E-state index contributed by atoms with van der Waals surface area (Å²) in [5.74, 6) is 0. The zero-order valence-corrected chi connectivity index (χ0v) is 35.2. The summed E-state index contributed by atoms with van der Waals surface area (Å²) in [5.41, 5.74) is 16.3. The van der Waals surface area contributed by atoms with E-state index in [-0.39, 0.29) is 0 Å². The van der Waals surface area contributed by atoms with Crippen LogP contribution in [0, 0.1) is 0 Å². The summed E-state index contributed by atoms with van der Waals surface area (Å²) in [4.78, 5) is 2.46. The van der Waals surface area contributed by atoms with Crippen LogP contribution in [0.5, 0.6) is 0 Å². The van der Waals surface area contributed by atoms with Crippen molar-refractivity contribution in [1.82, 2.24) is 4.57 Å². The van der Waals surface area contributed by atoms with Crippen molar-refractivity contribution in [2.75, 3.05) is 4.90 Å². The standard InChI is InChI=1S/C60H40N2S/c1-4-17-41(18-5-1)42-31-33-44(34-32-42)48-23-10-13-28-56(48)61(47-36-38-51-50-24-11-14-29-57(50)62(58(51)40-47)45-21-8-3-9-22-45)46-35-37-49(55(39-46)43-19-6-2-7-20-43)53-26-16-27-54-52-25-12-15-30-59(52)63-60(53)54/h1-40H. The van der Waals surface area contributed by atoms with Crippen molar-refractivity contribution in [3.05, 3.63) is 243 Å². The van der Waals surface area contributed by atoms with Crippen LogP contribution in [-0.4, -0.2) is 4.57 Å². The average Bonchev–Trinajstić information content (AvgIpc) is 3.91. The number of rotatable bonds is 8. The fourth-order valence-electron chi connectivity index (χ4n) is 9.49. The van der Waals surface area contributed by atoms with Crippen LogP contribution in [0.2, 0.25) is 0 Å². The summed E-state index contributed by atoms with van der Waals surface area (Å²) < 4.78 is 5.02. The Labute approximate surface area is 370 Å². The molecule has 0 N–H and O–H groups in total. The highest BCUT2D eigenvalue weighted by Crippen LogP contribution is 2.48. The molecule has 12 rings (SSSR count). The SMILES string of the molecule is c1ccc(-c2ccc(-c3ccccc3N(c3ccc(-c4cccc5c4sc4ccccc45)c(-c4ccccc4)c3)c3ccc4c5ccccc5n(-c5ccccc5)c4c3)cc2)cc1. The molecule has 10 aromatic carbocycles. The molecule has 3 heteroatoms. The Morgan fingerprint density at radius 3 is 1.68 bits per heavy atom. The zero-order chi connectivity index (χ0) is 41.7. The first-order chi connectivity index (χ1) is 31.3. The molecular weight excluding hydrogens is 781 g/mol. The van der Waals surface area contributed by atoms with Gasteiger partial charge in [0, 0.05) is 59.1 Å². The van der Waals surface area contributed by atoms with Crippen LogP contribution in [0.3, 0.4) is 0 Å². The highest BCUT2D eigenvalue weighted by Gasteiger charge is 2.22. The van der Waals surface area contributed by atoms with E-state index in [1.807, 2.05) is 11.3 Å². The van der Waals surface area contributed by atoms with Gasteiger partial charge in [0.2, 0.25) is 0 Å². The molecule has 0 saturated carbocycles. The molecule has 12 aromatic rings.